The lowest BCUT2D eigenvalue weighted by molar-refractivity contribution is 0.252. The Kier molecular flexibility index (Phi) is 6.20. The number of amides is 2. The molecular formula is C16H21ClN6O. The zero-order chi connectivity index (χ0) is 17.5. The standard InChI is InChI=1S/C16H21ClN6O/c1-11-20-14(10-15(21-11)23(2)3)18-8-9-19-16(24)22-13-7-5-4-6-12(13)17/h4-7,10H,8-9H2,1-3H3,(H,18,20,21)(H2,19,22,24). The number of urea groups is 1. The van der Waals surface area contributed by atoms with Gasteiger partial charge in [0, 0.05) is 33.3 Å². The number of hydrogen-bond donors (Lipinski definition) is 3. The van der Waals surface area contributed by atoms with Crippen molar-refractivity contribution in [2.45, 2.75) is 6.92 Å². The Morgan fingerprint density at radius 1 is 1.21 bits per heavy atom. The van der Waals surface area contributed by atoms with Gasteiger partial charge in [-0.15, -0.1) is 0 Å². The second-order valence-electron chi connectivity index (χ2n) is 5.34. The maximum absolute atomic E-state index is 11.8. The van der Waals surface area contributed by atoms with Gasteiger partial charge in [-0.25, -0.2) is 14.8 Å². The van der Waals surface area contributed by atoms with Crippen LogP contribution in [0.1, 0.15) is 5.82 Å². The molecule has 2 amide bonds. The van der Waals surface area contributed by atoms with Gasteiger partial charge in [0.05, 0.1) is 10.7 Å². The minimum atomic E-state index is -0.308. The smallest absolute Gasteiger partial charge is 0.319 e. The lowest BCUT2D eigenvalue weighted by Crippen LogP contribution is -2.32. The number of carbonyl (C=O) groups excluding carboxylic acids is 1. The van der Waals surface area contributed by atoms with E-state index in [-0.39, 0.29) is 6.03 Å². The molecule has 0 aliphatic heterocycles. The van der Waals surface area contributed by atoms with Crippen molar-refractivity contribution >= 4 is 35.0 Å². The van der Waals surface area contributed by atoms with Gasteiger partial charge in [0.25, 0.3) is 0 Å². The molecule has 2 rings (SSSR count). The third-order valence-electron chi connectivity index (χ3n) is 3.12. The summed E-state index contributed by atoms with van der Waals surface area (Å²) in [5.74, 6) is 2.24. The first-order chi connectivity index (χ1) is 11.5. The third-order valence-corrected chi connectivity index (χ3v) is 3.45. The highest BCUT2D eigenvalue weighted by Crippen LogP contribution is 2.20. The number of nitrogens with zero attached hydrogens (tertiary/aromatic N) is 3. The van der Waals surface area contributed by atoms with Crippen LogP contribution in [0.3, 0.4) is 0 Å². The van der Waals surface area contributed by atoms with Gasteiger partial charge in [-0.1, -0.05) is 23.7 Å². The molecule has 0 radical (unpaired) electrons. The van der Waals surface area contributed by atoms with Crippen LogP contribution in [0, 0.1) is 6.92 Å². The second-order valence-corrected chi connectivity index (χ2v) is 5.75. The van der Waals surface area contributed by atoms with Crippen molar-refractivity contribution in [1.82, 2.24) is 15.3 Å². The number of rotatable bonds is 6. The molecule has 3 N–H and O–H groups in total. The number of nitrogens with one attached hydrogen (secondary N) is 3. The van der Waals surface area contributed by atoms with E-state index in [0.29, 0.717) is 29.6 Å². The molecule has 0 bridgehead atoms. The summed E-state index contributed by atoms with van der Waals surface area (Å²) in [5.41, 5.74) is 0.576. The predicted molar refractivity (Wildman–Crippen MR) is 98.1 cm³/mol. The van der Waals surface area contributed by atoms with E-state index in [1.807, 2.05) is 38.1 Å². The Morgan fingerprint density at radius 3 is 2.67 bits per heavy atom. The van der Waals surface area contributed by atoms with E-state index >= 15 is 0 Å². The van der Waals surface area contributed by atoms with Gasteiger partial charge in [-0.05, 0) is 19.1 Å². The van der Waals surface area contributed by atoms with Gasteiger partial charge in [-0.2, -0.15) is 0 Å². The van der Waals surface area contributed by atoms with Gasteiger partial charge in [-0.3, -0.25) is 0 Å². The van der Waals surface area contributed by atoms with Crippen LogP contribution < -0.4 is 20.9 Å². The Hall–Kier alpha value is -2.54. The number of halogens is 1. The molecule has 0 saturated heterocycles. The van der Waals surface area contributed by atoms with Crippen LogP contribution in [0.5, 0.6) is 0 Å². The summed E-state index contributed by atoms with van der Waals surface area (Å²) in [6, 6.07) is 8.63. The van der Waals surface area contributed by atoms with Crippen molar-refractivity contribution < 1.29 is 4.79 Å². The lowest BCUT2D eigenvalue weighted by atomic mass is 10.3. The quantitative estimate of drug-likeness (QED) is 0.699. The van der Waals surface area contributed by atoms with Gasteiger partial charge in [0.15, 0.2) is 0 Å². The Balaban J connectivity index is 1.79. The van der Waals surface area contributed by atoms with Crippen LogP contribution in [0.2, 0.25) is 5.02 Å². The summed E-state index contributed by atoms with van der Waals surface area (Å²) < 4.78 is 0. The molecule has 128 valence electrons. The summed E-state index contributed by atoms with van der Waals surface area (Å²) >= 11 is 5.99. The molecule has 2 aromatic rings. The molecule has 0 unspecified atom stereocenters. The van der Waals surface area contributed by atoms with Crippen LogP contribution in [0.4, 0.5) is 22.1 Å². The van der Waals surface area contributed by atoms with Gasteiger partial charge in [0.1, 0.15) is 17.5 Å². The van der Waals surface area contributed by atoms with Crippen LogP contribution in [-0.2, 0) is 0 Å². The largest absolute Gasteiger partial charge is 0.368 e. The molecule has 1 aromatic carbocycles. The van der Waals surface area contributed by atoms with Crippen molar-refractivity contribution in [3.8, 4) is 0 Å². The first-order valence-electron chi connectivity index (χ1n) is 7.52. The summed E-state index contributed by atoms with van der Waals surface area (Å²) in [4.78, 5) is 22.4. The number of carbonyl (C=O) groups is 1. The lowest BCUT2D eigenvalue weighted by Gasteiger charge is -2.14. The second kappa shape index (κ2) is 8.35. The molecule has 24 heavy (non-hydrogen) atoms. The van der Waals surface area contributed by atoms with E-state index < -0.39 is 0 Å². The van der Waals surface area contributed by atoms with Crippen LogP contribution in [0.25, 0.3) is 0 Å². The number of para-hydroxylation sites is 1. The van der Waals surface area contributed by atoms with Gasteiger partial charge < -0.3 is 20.9 Å². The SMILES string of the molecule is Cc1nc(NCCNC(=O)Nc2ccccc2Cl)cc(N(C)C)n1. The molecule has 0 fully saturated rings. The molecule has 0 spiro atoms. The minimum absolute atomic E-state index is 0.308. The van der Waals surface area contributed by atoms with Crippen molar-refractivity contribution in [2.75, 3.05) is 42.7 Å². The van der Waals surface area contributed by atoms with Crippen molar-refractivity contribution in [1.29, 1.82) is 0 Å². The maximum atomic E-state index is 11.8. The van der Waals surface area contributed by atoms with Crippen LogP contribution in [-0.4, -0.2) is 43.2 Å². The highest BCUT2D eigenvalue weighted by Gasteiger charge is 2.05. The van der Waals surface area contributed by atoms with Crippen LogP contribution in [0.15, 0.2) is 30.3 Å². The number of anilines is 3. The first-order valence-corrected chi connectivity index (χ1v) is 7.90. The van der Waals surface area contributed by atoms with E-state index in [9.17, 15) is 4.79 Å². The average molecular weight is 349 g/mol. The molecule has 0 aliphatic rings. The van der Waals surface area contributed by atoms with Gasteiger partial charge >= 0.3 is 6.03 Å². The van der Waals surface area contributed by atoms with E-state index in [0.717, 1.165) is 11.6 Å². The summed E-state index contributed by atoms with van der Waals surface area (Å²) in [6.07, 6.45) is 0. The number of benzene rings is 1. The van der Waals surface area contributed by atoms with Crippen molar-refractivity contribution in [3.63, 3.8) is 0 Å². The molecule has 0 aliphatic carbocycles. The number of aromatic nitrogens is 2. The highest BCUT2D eigenvalue weighted by molar-refractivity contribution is 6.33. The molecule has 0 atom stereocenters. The van der Waals surface area contributed by atoms with E-state index in [2.05, 4.69) is 25.9 Å². The molecule has 8 heteroatoms. The summed E-state index contributed by atoms with van der Waals surface area (Å²) in [5, 5.41) is 9.12. The molecule has 0 saturated carbocycles. The average Bonchev–Trinajstić information content (AvgIpc) is 2.53. The molecular weight excluding hydrogens is 328 g/mol. The Labute approximate surface area is 146 Å². The Morgan fingerprint density at radius 2 is 1.96 bits per heavy atom. The summed E-state index contributed by atoms with van der Waals surface area (Å²) in [7, 11) is 3.85. The summed E-state index contributed by atoms with van der Waals surface area (Å²) in [6.45, 7) is 2.82. The topological polar surface area (TPSA) is 82.2 Å². The number of hydrogen-bond acceptors (Lipinski definition) is 5. The fraction of sp³-hybridized carbons (Fsp3) is 0.312. The van der Waals surface area contributed by atoms with E-state index in [1.165, 1.54) is 0 Å². The van der Waals surface area contributed by atoms with E-state index in [1.54, 1.807) is 18.2 Å². The molecule has 1 aromatic heterocycles. The molecule has 7 nitrogen and oxygen atoms in total. The maximum Gasteiger partial charge on any atom is 0.319 e. The Bertz CT molecular complexity index is 707. The fourth-order valence-corrected chi connectivity index (χ4v) is 2.15. The third kappa shape index (κ3) is 5.27. The number of aryl methyl sites for hydroxylation is 1. The normalized spacial score (nSPS) is 10.2. The first kappa shape index (κ1) is 17.8. The van der Waals surface area contributed by atoms with E-state index in [4.69, 9.17) is 11.6 Å². The highest BCUT2D eigenvalue weighted by atomic mass is 35.5. The minimum Gasteiger partial charge on any atom is -0.368 e. The zero-order valence-corrected chi connectivity index (χ0v) is 14.7. The fourth-order valence-electron chi connectivity index (χ4n) is 1.97. The van der Waals surface area contributed by atoms with Crippen molar-refractivity contribution in [2.24, 2.45) is 0 Å². The molecule has 1 heterocycles. The zero-order valence-electron chi connectivity index (χ0n) is 13.9. The van der Waals surface area contributed by atoms with Crippen molar-refractivity contribution in [3.05, 3.63) is 41.2 Å². The monoisotopic (exact) mass is 348 g/mol. The van der Waals surface area contributed by atoms with Crippen LogP contribution >= 0.6 is 11.6 Å². The predicted octanol–water partition coefficient (Wildman–Crippen LogP) is 2.74. The van der Waals surface area contributed by atoms with Gasteiger partial charge in [0.2, 0.25) is 0 Å².